The molecular weight excluding hydrogens is 398 g/mol. The van der Waals surface area contributed by atoms with E-state index < -0.39 is 16.9 Å². The van der Waals surface area contributed by atoms with E-state index in [2.05, 4.69) is 0 Å². The summed E-state index contributed by atoms with van der Waals surface area (Å²) >= 11 is 12.1. The van der Waals surface area contributed by atoms with Crippen molar-refractivity contribution in [2.24, 2.45) is 0 Å². The molecule has 2 heterocycles. The molecule has 0 unspecified atom stereocenters. The number of aliphatic carboxylic acids is 1. The molecule has 9 heteroatoms. The van der Waals surface area contributed by atoms with Gasteiger partial charge in [0.15, 0.2) is 4.99 Å². The molecule has 0 saturated carbocycles. The number of hydrogen-bond donors (Lipinski definition) is 1. The first-order valence-corrected chi connectivity index (χ1v) is 9.05. The number of carbonyl (C=O) groups excluding carboxylic acids is 1. The normalized spacial score (nSPS) is 15.5. The maximum Gasteiger partial charge on any atom is 0.364 e. The minimum Gasteiger partial charge on any atom is -0.495 e. The smallest absolute Gasteiger partial charge is 0.364 e. The van der Waals surface area contributed by atoms with Crippen LogP contribution in [0.15, 0.2) is 39.7 Å². The topological polar surface area (TPSA) is 80.0 Å². The molecule has 1 aliphatic heterocycles. The SMILES string of the molecule is COc1ccc(-c2ccc(C=C3SCN(C(=S)C(=O)O)C3=O)o2)cc1Cl. The van der Waals surface area contributed by atoms with E-state index in [-0.39, 0.29) is 5.88 Å². The largest absolute Gasteiger partial charge is 0.495 e. The number of amides is 1. The first-order valence-electron chi connectivity index (χ1n) is 7.28. The number of methoxy groups -OCH3 is 1. The Morgan fingerprint density at radius 2 is 2.19 bits per heavy atom. The first-order chi connectivity index (χ1) is 12.4. The average Bonchev–Trinajstić information content (AvgIpc) is 3.22. The van der Waals surface area contributed by atoms with Gasteiger partial charge in [-0.1, -0.05) is 35.6 Å². The Labute approximate surface area is 163 Å². The highest BCUT2D eigenvalue weighted by atomic mass is 35.5. The fourth-order valence-corrected chi connectivity index (χ4v) is 3.73. The van der Waals surface area contributed by atoms with Crippen molar-refractivity contribution in [1.29, 1.82) is 0 Å². The van der Waals surface area contributed by atoms with Crippen LogP contribution in [0.1, 0.15) is 5.76 Å². The summed E-state index contributed by atoms with van der Waals surface area (Å²) < 4.78 is 10.9. The number of carboxylic acid groups (broad SMARTS) is 1. The summed E-state index contributed by atoms with van der Waals surface area (Å²) in [6.45, 7) is 0. The van der Waals surface area contributed by atoms with Crippen LogP contribution in [0, 0.1) is 0 Å². The number of benzene rings is 1. The maximum absolute atomic E-state index is 12.3. The van der Waals surface area contributed by atoms with Crippen LogP contribution in [-0.2, 0) is 9.59 Å². The van der Waals surface area contributed by atoms with Gasteiger partial charge in [-0.3, -0.25) is 9.69 Å². The van der Waals surface area contributed by atoms with Crippen molar-refractivity contribution in [3.8, 4) is 17.1 Å². The minimum absolute atomic E-state index is 0.164. The molecule has 1 N–H and O–H groups in total. The first kappa shape index (κ1) is 18.5. The van der Waals surface area contributed by atoms with Gasteiger partial charge in [0.1, 0.15) is 17.3 Å². The molecular formula is C17H12ClNO5S2. The van der Waals surface area contributed by atoms with Crippen LogP contribution in [-0.4, -0.2) is 39.9 Å². The zero-order valence-electron chi connectivity index (χ0n) is 13.4. The van der Waals surface area contributed by atoms with E-state index in [4.69, 9.17) is 38.1 Å². The lowest BCUT2D eigenvalue weighted by molar-refractivity contribution is -0.131. The van der Waals surface area contributed by atoms with Crippen molar-refractivity contribution < 1.29 is 23.8 Å². The number of carbonyl (C=O) groups is 2. The van der Waals surface area contributed by atoms with Crippen LogP contribution in [0.25, 0.3) is 17.4 Å². The summed E-state index contributed by atoms with van der Waals surface area (Å²) in [5, 5.41) is 9.38. The van der Waals surface area contributed by atoms with E-state index in [9.17, 15) is 9.59 Å². The zero-order valence-corrected chi connectivity index (χ0v) is 15.8. The fourth-order valence-electron chi connectivity index (χ4n) is 2.29. The minimum atomic E-state index is -1.30. The maximum atomic E-state index is 12.3. The Morgan fingerprint density at radius 3 is 2.85 bits per heavy atom. The Balaban J connectivity index is 1.81. The second kappa shape index (κ2) is 7.53. The molecule has 0 atom stereocenters. The highest BCUT2D eigenvalue weighted by Crippen LogP contribution is 2.33. The van der Waals surface area contributed by atoms with Gasteiger partial charge >= 0.3 is 5.97 Å². The lowest BCUT2D eigenvalue weighted by Gasteiger charge is -2.10. The Kier molecular flexibility index (Phi) is 5.36. The van der Waals surface area contributed by atoms with Gasteiger partial charge < -0.3 is 14.3 Å². The molecule has 134 valence electrons. The standard InChI is InChI=1S/C17H12ClNO5S2/c1-23-13-4-2-9(6-11(13)18)12-5-3-10(24-12)7-14-15(20)19(8-26-14)16(25)17(21)22/h2-7H,8H2,1H3,(H,21,22). The van der Waals surface area contributed by atoms with Crippen molar-refractivity contribution >= 4 is 58.5 Å². The van der Waals surface area contributed by atoms with E-state index in [1.165, 1.54) is 18.9 Å². The molecule has 1 aromatic carbocycles. The van der Waals surface area contributed by atoms with Crippen LogP contribution in [0.5, 0.6) is 5.75 Å². The van der Waals surface area contributed by atoms with Gasteiger partial charge in [-0.15, -0.1) is 0 Å². The molecule has 1 fully saturated rings. The number of furan rings is 1. The molecule has 1 aliphatic rings. The van der Waals surface area contributed by atoms with Gasteiger partial charge in [0, 0.05) is 5.56 Å². The third kappa shape index (κ3) is 3.62. The molecule has 0 radical (unpaired) electrons. The van der Waals surface area contributed by atoms with Gasteiger partial charge in [-0.25, -0.2) is 4.79 Å². The van der Waals surface area contributed by atoms with Crippen molar-refractivity contribution in [1.82, 2.24) is 4.90 Å². The molecule has 1 saturated heterocycles. The van der Waals surface area contributed by atoms with E-state index in [1.807, 2.05) is 6.07 Å². The molecule has 1 aromatic heterocycles. The second-order valence-electron chi connectivity index (χ2n) is 5.18. The summed E-state index contributed by atoms with van der Waals surface area (Å²) in [6.07, 6.45) is 1.56. The average molecular weight is 410 g/mol. The predicted octanol–water partition coefficient (Wildman–Crippen LogP) is 3.89. The van der Waals surface area contributed by atoms with Crippen LogP contribution in [0.3, 0.4) is 0 Å². The van der Waals surface area contributed by atoms with Crippen molar-refractivity contribution in [2.45, 2.75) is 0 Å². The van der Waals surface area contributed by atoms with Crippen molar-refractivity contribution in [2.75, 3.05) is 13.0 Å². The molecule has 0 bridgehead atoms. The van der Waals surface area contributed by atoms with Crippen LogP contribution in [0.2, 0.25) is 5.02 Å². The second-order valence-corrected chi connectivity index (χ2v) is 6.96. The van der Waals surface area contributed by atoms with E-state index >= 15 is 0 Å². The van der Waals surface area contributed by atoms with Crippen LogP contribution < -0.4 is 4.74 Å². The summed E-state index contributed by atoms with van der Waals surface area (Å²) in [5.74, 6) is 0.0180. The Hall–Kier alpha value is -2.29. The van der Waals surface area contributed by atoms with Crippen molar-refractivity contribution in [3.63, 3.8) is 0 Å². The van der Waals surface area contributed by atoms with E-state index in [1.54, 1.807) is 30.3 Å². The van der Waals surface area contributed by atoms with Gasteiger partial charge in [0.25, 0.3) is 5.91 Å². The van der Waals surface area contributed by atoms with Gasteiger partial charge in [-0.2, -0.15) is 0 Å². The number of rotatable bonds is 3. The summed E-state index contributed by atoms with van der Waals surface area (Å²) in [4.78, 5) is 24.2. The number of thioether (sulfide) groups is 1. The molecule has 26 heavy (non-hydrogen) atoms. The van der Waals surface area contributed by atoms with Gasteiger partial charge in [-0.05, 0) is 36.4 Å². The van der Waals surface area contributed by atoms with Gasteiger partial charge in [0.05, 0.1) is 22.9 Å². The number of carboxylic acids is 1. The summed E-state index contributed by atoms with van der Waals surface area (Å²) in [7, 11) is 1.54. The van der Waals surface area contributed by atoms with Crippen LogP contribution in [0.4, 0.5) is 0 Å². The third-order valence-corrected chi connectivity index (χ3v) is 5.25. The molecule has 2 aromatic rings. The number of thiocarbonyl (C=S) groups is 1. The highest BCUT2D eigenvalue weighted by Gasteiger charge is 2.32. The highest BCUT2D eigenvalue weighted by molar-refractivity contribution is 8.04. The van der Waals surface area contributed by atoms with E-state index in [0.29, 0.717) is 27.2 Å². The number of nitrogens with zero attached hydrogens (tertiary/aromatic N) is 1. The molecule has 3 rings (SSSR count). The summed E-state index contributed by atoms with van der Waals surface area (Å²) in [6, 6.07) is 8.74. The van der Waals surface area contributed by atoms with Crippen molar-refractivity contribution in [3.05, 3.63) is 46.0 Å². The monoisotopic (exact) mass is 409 g/mol. The number of halogens is 1. The number of ether oxygens (including phenoxy) is 1. The molecule has 0 aliphatic carbocycles. The Morgan fingerprint density at radius 1 is 1.42 bits per heavy atom. The summed E-state index contributed by atoms with van der Waals surface area (Å²) in [5.41, 5.74) is 0.763. The fraction of sp³-hybridized carbons (Fsp3) is 0.118. The Bertz CT molecular complexity index is 937. The van der Waals surface area contributed by atoms with Crippen LogP contribution >= 0.6 is 35.6 Å². The quantitative estimate of drug-likeness (QED) is 0.608. The molecule has 0 spiro atoms. The third-order valence-electron chi connectivity index (χ3n) is 3.57. The number of hydrogen-bond acceptors (Lipinski definition) is 6. The lowest BCUT2D eigenvalue weighted by atomic mass is 10.2. The van der Waals surface area contributed by atoms with E-state index in [0.717, 1.165) is 10.5 Å². The molecule has 1 amide bonds. The lowest BCUT2D eigenvalue weighted by Crippen LogP contribution is -2.35. The predicted molar refractivity (Wildman–Crippen MR) is 103 cm³/mol. The molecule has 6 nitrogen and oxygen atoms in total. The zero-order chi connectivity index (χ0) is 18.8. The van der Waals surface area contributed by atoms with Gasteiger partial charge in [0.2, 0.25) is 0 Å².